The minimum atomic E-state index is -1.17. The molecule has 0 saturated heterocycles. The fourth-order valence-corrected chi connectivity index (χ4v) is 3.43. The van der Waals surface area contributed by atoms with E-state index >= 15 is 0 Å². The maximum atomic E-state index is 12.7. The number of esters is 1. The van der Waals surface area contributed by atoms with Crippen LogP contribution in [0.15, 0.2) is 47.6 Å². The highest BCUT2D eigenvalue weighted by Crippen LogP contribution is 2.34. The predicted octanol–water partition coefficient (Wildman–Crippen LogP) is 5.90. The number of alkyl halides is 2. The monoisotopic (exact) mass is 482 g/mol. The molecule has 0 spiro atoms. The third-order valence-electron chi connectivity index (χ3n) is 4.31. The molecule has 2 aromatic carbocycles. The van der Waals surface area contributed by atoms with Crippen molar-refractivity contribution >= 4 is 58.1 Å². The van der Waals surface area contributed by atoms with Crippen molar-refractivity contribution in [2.24, 2.45) is 5.16 Å². The van der Waals surface area contributed by atoms with E-state index in [4.69, 9.17) is 44.4 Å². The molecule has 1 N–H and O–H groups in total. The Bertz CT molecular complexity index is 1030. The van der Waals surface area contributed by atoms with Gasteiger partial charge >= 0.3 is 5.97 Å². The number of rotatable bonds is 5. The van der Waals surface area contributed by atoms with Crippen LogP contribution in [0.1, 0.15) is 54.8 Å². The van der Waals surface area contributed by atoms with Crippen LogP contribution in [0.3, 0.4) is 0 Å². The summed E-state index contributed by atoms with van der Waals surface area (Å²) in [5.74, 6) is -1.01. The quantitative estimate of drug-likeness (QED) is 0.424. The van der Waals surface area contributed by atoms with Gasteiger partial charge in [-0.1, -0.05) is 58.2 Å². The first kappa shape index (κ1) is 23.4. The second kappa shape index (κ2) is 9.47. The highest BCUT2D eigenvalue weighted by atomic mass is 35.5. The van der Waals surface area contributed by atoms with E-state index in [1.54, 1.807) is 57.2 Å². The van der Waals surface area contributed by atoms with Crippen LogP contribution in [-0.4, -0.2) is 28.0 Å². The predicted molar refractivity (Wildman–Crippen MR) is 122 cm³/mol. The van der Waals surface area contributed by atoms with E-state index in [2.05, 4.69) is 10.5 Å². The Morgan fingerprint density at radius 2 is 1.90 bits per heavy atom. The van der Waals surface area contributed by atoms with Crippen molar-refractivity contribution in [1.82, 2.24) is 0 Å². The lowest BCUT2D eigenvalue weighted by Crippen LogP contribution is -2.25. The highest BCUT2D eigenvalue weighted by molar-refractivity contribution is 6.54. The topological polar surface area (TPSA) is 77.0 Å². The summed E-state index contributed by atoms with van der Waals surface area (Å²) in [6.07, 6.45) is -0.0395. The first-order chi connectivity index (χ1) is 14.5. The average Bonchev–Trinajstić information content (AvgIpc) is 3.16. The molecule has 1 aliphatic heterocycles. The van der Waals surface area contributed by atoms with Gasteiger partial charge in [-0.15, -0.1) is 0 Å². The number of halogens is 3. The molecule has 6 nitrogen and oxygen atoms in total. The van der Waals surface area contributed by atoms with Crippen molar-refractivity contribution in [3.05, 3.63) is 64.2 Å². The van der Waals surface area contributed by atoms with E-state index < -0.39 is 28.4 Å². The minimum absolute atomic E-state index is 0.321. The van der Waals surface area contributed by atoms with E-state index in [9.17, 15) is 9.59 Å². The summed E-state index contributed by atoms with van der Waals surface area (Å²) in [5.41, 5.74) is 2.00. The maximum absolute atomic E-state index is 12.7. The molecule has 0 fully saturated rings. The normalized spacial score (nSPS) is 16.0. The number of carbonyl (C=O) groups excluding carboxylic acids is 2. The molecular weight excluding hydrogens is 463 g/mol. The van der Waals surface area contributed by atoms with Crippen LogP contribution in [-0.2, 0) is 14.4 Å². The SMILES string of the molecule is CC(C)(C)OC(=O)c1cccc(Cl)c1C1=NOC(c2cccc(NC(=O)C(Cl)Cl)c2)C1. The molecule has 0 radical (unpaired) electrons. The van der Waals surface area contributed by atoms with Gasteiger partial charge in [-0.3, -0.25) is 4.79 Å². The first-order valence-electron chi connectivity index (χ1n) is 9.49. The van der Waals surface area contributed by atoms with Crippen molar-refractivity contribution in [3.63, 3.8) is 0 Å². The maximum Gasteiger partial charge on any atom is 0.339 e. The molecule has 31 heavy (non-hydrogen) atoms. The number of carbonyl (C=O) groups is 2. The number of nitrogens with one attached hydrogen (secondary N) is 1. The number of ether oxygens (including phenoxy) is 1. The summed E-state index contributed by atoms with van der Waals surface area (Å²) in [6, 6.07) is 12.1. The number of oxime groups is 1. The zero-order valence-electron chi connectivity index (χ0n) is 17.1. The Labute approximate surface area is 195 Å². The van der Waals surface area contributed by atoms with Crippen LogP contribution >= 0.6 is 34.8 Å². The van der Waals surface area contributed by atoms with E-state index in [1.165, 1.54) is 0 Å². The summed E-state index contributed by atoms with van der Waals surface area (Å²) in [4.78, 5) is 28.9. The molecule has 2 aromatic rings. The number of nitrogens with zero attached hydrogens (tertiary/aromatic N) is 1. The lowest BCUT2D eigenvalue weighted by atomic mass is 9.96. The van der Waals surface area contributed by atoms with Crippen molar-refractivity contribution < 1.29 is 19.2 Å². The molecule has 1 heterocycles. The van der Waals surface area contributed by atoms with Crippen LogP contribution in [0.5, 0.6) is 0 Å². The Morgan fingerprint density at radius 3 is 2.58 bits per heavy atom. The molecule has 1 atom stereocenters. The van der Waals surface area contributed by atoms with Gasteiger partial charge in [-0.05, 0) is 50.6 Å². The van der Waals surface area contributed by atoms with Crippen LogP contribution < -0.4 is 5.32 Å². The second-order valence-corrected chi connectivity index (χ2v) is 9.42. The van der Waals surface area contributed by atoms with E-state index in [0.29, 0.717) is 34.0 Å². The summed E-state index contributed by atoms with van der Waals surface area (Å²) < 4.78 is 5.51. The molecule has 0 aromatic heterocycles. The minimum Gasteiger partial charge on any atom is -0.456 e. The largest absolute Gasteiger partial charge is 0.456 e. The molecule has 0 aliphatic carbocycles. The molecule has 0 saturated carbocycles. The molecule has 1 aliphatic rings. The van der Waals surface area contributed by atoms with Crippen molar-refractivity contribution in [2.45, 2.75) is 43.7 Å². The Hall–Kier alpha value is -2.28. The van der Waals surface area contributed by atoms with Crippen molar-refractivity contribution in [3.8, 4) is 0 Å². The van der Waals surface area contributed by atoms with Crippen LogP contribution in [0.4, 0.5) is 5.69 Å². The van der Waals surface area contributed by atoms with Gasteiger partial charge in [0.15, 0.2) is 10.9 Å². The van der Waals surface area contributed by atoms with E-state index in [0.717, 1.165) is 5.56 Å². The zero-order chi connectivity index (χ0) is 22.8. The van der Waals surface area contributed by atoms with E-state index in [1.807, 2.05) is 6.07 Å². The lowest BCUT2D eigenvalue weighted by molar-refractivity contribution is -0.114. The molecule has 164 valence electrons. The third kappa shape index (κ3) is 5.91. The van der Waals surface area contributed by atoms with Gasteiger partial charge in [0.1, 0.15) is 5.60 Å². The first-order valence-corrected chi connectivity index (χ1v) is 10.7. The van der Waals surface area contributed by atoms with Gasteiger partial charge in [0.05, 0.1) is 16.3 Å². The van der Waals surface area contributed by atoms with Gasteiger partial charge in [0, 0.05) is 17.7 Å². The number of amides is 1. The molecule has 1 unspecified atom stereocenters. The fourth-order valence-electron chi connectivity index (χ4n) is 3.04. The number of hydrogen-bond donors (Lipinski definition) is 1. The van der Waals surface area contributed by atoms with Crippen LogP contribution in [0.2, 0.25) is 5.02 Å². The lowest BCUT2D eigenvalue weighted by Gasteiger charge is -2.20. The average molecular weight is 484 g/mol. The molecular formula is C22H21Cl3N2O4. The number of hydrogen-bond acceptors (Lipinski definition) is 5. The molecule has 1 amide bonds. The highest BCUT2D eigenvalue weighted by Gasteiger charge is 2.30. The Kier molecular flexibility index (Phi) is 7.14. The van der Waals surface area contributed by atoms with Gasteiger partial charge in [0.2, 0.25) is 0 Å². The molecule has 9 heteroatoms. The summed E-state index contributed by atoms with van der Waals surface area (Å²) in [6.45, 7) is 5.39. The van der Waals surface area contributed by atoms with E-state index in [-0.39, 0.29) is 0 Å². The summed E-state index contributed by atoms with van der Waals surface area (Å²) >= 11 is 17.6. The van der Waals surface area contributed by atoms with Gasteiger partial charge in [-0.2, -0.15) is 0 Å². The van der Waals surface area contributed by atoms with Gasteiger partial charge < -0.3 is 14.9 Å². The Balaban J connectivity index is 1.82. The zero-order valence-corrected chi connectivity index (χ0v) is 19.4. The van der Waals surface area contributed by atoms with Crippen LogP contribution in [0, 0.1) is 0 Å². The summed E-state index contributed by atoms with van der Waals surface area (Å²) in [5, 5.41) is 7.18. The molecule has 3 rings (SSSR count). The Morgan fingerprint density at radius 1 is 1.19 bits per heavy atom. The van der Waals surface area contributed by atoms with Gasteiger partial charge in [0.25, 0.3) is 5.91 Å². The van der Waals surface area contributed by atoms with Gasteiger partial charge in [-0.25, -0.2) is 4.79 Å². The van der Waals surface area contributed by atoms with Crippen molar-refractivity contribution in [2.75, 3.05) is 5.32 Å². The summed E-state index contributed by atoms with van der Waals surface area (Å²) in [7, 11) is 0. The van der Waals surface area contributed by atoms with Crippen LogP contribution in [0.25, 0.3) is 0 Å². The fraction of sp³-hybridized carbons (Fsp3) is 0.318. The smallest absolute Gasteiger partial charge is 0.339 e. The molecule has 0 bridgehead atoms. The number of benzene rings is 2. The number of anilines is 1. The van der Waals surface area contributed by atoms with Crippen molar-refractivity contribution in [1.29, 1.82) is 0 Å². The standard InChI is InChI=1S/C22H21Cl3N2O4/c1-22(2,3)30-21(29)14-8-5-9-15(23)18(14)16-11-17(31-27-16)12-6-4-7-13(10-12)26-20(28)19(24)25/h4-10,17,19H,11H2,1-3H3,(H,26,28). The third-order valence-corrected chi connectivity index (χ3v) is 5.03. The second-order valence-electron chi connectivity index (χ2n) is 7.92.